The predicted octanol–water partition coefficient (Wildman–Crippen LogP) is 3.70. The fraction of sp³-hybridized carbons (Fsp3) is 0.647. The molecule has 1 heterocycles. The molecule has 2 aliphatic rings. The lowest BCUT2D eigenvalue weighted by atomic mass is 9.94. The van der Waals surface area contributed by atoms with Crippen molar-refractivity contribution >= 4 is 5.69 Å². The zero-order valence-electron chi connectivity index (χ0n) is 12.4. The van der Waals surface area contributed by atoms with Crippen molar-refractivity contribution in [2.75, 3.05) is 18.0 Å². The van der Waals surface area contributed by atoms with E-state index in [-0.39, 0.29) is 5.82 Å². The number of nitrogens with zero attached hydrogens (tertiary/aromatic N) is 1. The fourth-order valence-corrected chi connectivity index (χ4v) is 3.20. The number of rotatable bonds is 5. The fourth-order valence-electron chi connectivity index (χ4n) is 3.20. The lowest BCUT2D eigenvalue weighted by Crippen LogP contribution is -2.36. The molecule has 1 N–H and O–H groups in total. The zero-order valence-corrected chi connectivity index (χ0v) is 12.4. The molecule has 1 unspecified atom stereocenters. The molecule has 1 aromatic carbocycles. The molecule has 1 atom stereocenters. The first-order chi connectivity index (χ1) is 9.78. The SMILES string of the molecule is CCC1CCCN(c2c(F)cccc2CNC2CC2)C1. The van der Waals surface area contributed by atoms with Crippen molar-refractivity contribution in [3.63, 3.8) is 0 Å². The zero-order chi connectivity index (χ0) is 13.9. The average molecular weight is 276 g/mol. The van der Waals surface area contributed by atoms with Gasteiger partial charge in [-0.2, -0.15) is 0 Å². The molecule has 0 bridgehead atoms. The van der Waals surface area contributed by atoms with E-state index in [2.05, 4.69) is 23.2 Å². The van der Waals surface area contributed by atoms with Crippen LogP contribution in [-0.2, 0) is 6.54 Å². The number of anilines is 1. The minimum absolute atomic E-state index is 0.0585. The van der Waals surface area contributed by atoms with Gasteiger partial charge in [0, 0.05) is 25.7 Å². The third-order valence-corrected chi connectivity index (χ3v) is 4.64. The van der Waals surface area contributed by atoms with Crippen LogP contribution in [-0.4, -0.2) is 19.1 Å². The highest BCUT2D eigenvalue weighted by atomic mass is 19.1. The van der Waals surface area contributed by atoms with Gasteiger partial charge in [-0.05, 0) is 43.2 Å². The van der Waals surface area contributed by atoms with Crippen LogP contribution in [0.15, 0.2) is 18.2 Å². The molecule has 3 rings (SSSR count). The summed E-state index contributed by atoms with van der Waals surface area (Å²) >= 11 is 0. The molecule has 2 fully saturated rings. The maximum Gasteiger partial charge on any atom is 0.146 e. The minimum Gasteiger partial charge on any atom is -0.369 e. The van der Waals surface area contributed by atoms with Gasteiger partial charge < -0.3 is 10.2 Å². The summed E-state index contributed by atoms with van der Waals surface area (Å²) in [5.41, 5.74) is 1.97. The van der Waals surface area contributed by atoms with E-state index >= 15 is 0 Å². The van der Waals surface area contributed by atoms with Gasteiger partial charge in [-0.15, -0.1) is 0 Å². The third-order valence-electron chi connectivity index (χ3n) is 4.64. The van der Waals surface area contributed by atoms with Crippen LogP contribution in [0.25, 0.3) is 0 Å². The molecule has 0 amide bonds. The molecule has 0 spiro atoms. The summed E-state index contributed by atoms with van der Waals surface area (Å²) in [6.07, 6.45) is 6.21. The highest BCUT2D eigenvalue weighted by molar-refractivity contribution is 5.55. The molecule has 1 saturated heterocycles. The normalized spacial score (nSPS) is 23.1. The molecule has 3 heteroatoms. The Morgan fingerprint density at radius 2 is 2.15 bits per heavy atom. The average Bonchev–Trinajstić information content (AvgIpc) is 3.29. The molecule has 1 aliphatic carbocycles. The topological polar surface area (TPSA) is 15.3 Å². The molecular formula is C17H25FN2. The van der Waals surface area contributed by atoms with Crippen molar-refractivity contribution in [2.45, 2.75) is 51.6 Å². The van der Waals surface area contributed by atoms with Gasteiger partial charge in [0.1, 0.15) is 5.82 Å². The Morgan fingerprint density at radius 1 is 1.30 bits per heavy atom. The van der Waals surface area contributed by atoms with Gasteiger partial charge in [-0.25, -0.2) is 4.39 Å². The van der Waals surface area contributed by atoms with Gasteiger partial charge in [0.2, 0.25) is 0 Å². The second-order valence-electron chi connectivity index (χ2n) is 6.27. The van der Waals surface area contributed by atoms with Gasteiger partial charge in [0.25, 0.3) is 0 Å². The number of halogens is 1. The van der Waals surface area contributed by atoms with Crippen LogP contribution in [0.4, 0.5) is 10.1 Å². The largest absolute Gasteiger partial charge is 0.369 e. The maximum atomic E-state index is 14.3. The van der Waals surface area contributed by atoms with E-state index in [4.69, 9.17) is 0 Å². The first kappa shape index (κ1) is 13.9. The van der Waals surface area contributed by atoms with Gasteiger partial charge in [-0.3, -0.25) is 0 Å². The van der Waals surface area contributed by atoms with E-state index in [9.17, 15) is 4.39 Å². The Hall–Kier alpha value is -1.09. The van der Waals surface area contributed by atoms with Gasteiger partial charge in [-0.1, -0.05) is 25.5 Å². The van der Waals surface area contributed by atoms with Crippen LogP contribution >= 0.6 is 0 Å². The molecule has 1 aromatic rings. The van der Waals surface area contributed by atoms with Crippen LogP contribution in [0, 0.1) is 11.7 Å². The van der Waals surface area contributed by atoms with Crippen LogP contribution in [0.2, 0.25) is 0 Å². The van der Waals surface area contributed by atoms with Crippen molar-refractivity contribution in [3.05, 3.63) is 29.6 Å². The highest BCUT2D eigenvalue weighted by Gasteiger charge is 2.25. The maximum absolute atomic E-state index is 14.3. The Morgan fingerprint density at radius 3 is 2.90 bits per heavy atom. The molecule has 2 nitrogen and oxygen atoms in total. The minimum atomic E-state index is -0.0585. The van der Waals surface area contributed by atoms with Crippen molar-refractivity contribution < 1.29 is 4.39 Å². The Bertz CT molecular complexity index is 456. The van der Waals surface area contributed by atoms with E-state index in [1.807, 2.05) is 6.07 Å². The first-order valence-electron chi connectivity index (χ1n) is 8.03. The Kier molecular flexibility index (Phi) is 4.25. The molecule has 0 radical (unpaired) electrons. The Labute approximate surface area is 121 Å². The molecule has 1 saturated carbocycles. The predicted molar refractivity (Wildman–Crippen MR) is 81.5 cm³/mol. The highest BCUT2D eigenvalue weighted by Crippen LogP contribution is 2.30. The number of benzene rings is 1. The summed E-state index contributed by atoms with van der Waals surface area (Å²) in [6, 6.07) is 6.18. The van der Waals surface area contributed by atoms with Gasteiger partial charge in [0.05, 0.1) is 5.69 Å². The smallest absolute Gasteiger partial charge is 0.146 e. The number of para-hydroxylation sites is 1. The second-order valence-corrected chi connectivity index (χ2v) is 6.27. The van der Waals surface area contributed by atoms with E-state index in [0.29, 0.717) is 12.0 Å². The number of hydrogen-bond acceptors (Lipinski definition) is 2. The first-order valence-corrected chi connectivity index (χ1v) is 8.03. The number of nitrogens with one attached hydrogen (secondary N) is 1. The summed E-state index contributed by atoms with van der Waals surface area (Å²) in [5, 5.41) is 3.51. The molecule has 20 heavy (non-hydrogen) atoms. The number of hydrogen-bond donors (Lipinski definition) is 1. The van der Waals surface area contributed by atoms with Crippen molar-refractivity contribution in [1.29, 1.82) is 0 Å². The Balaban J connectivity index is 1.78. The van der Waals surface area contributed by atoms with Crippen LogP contribution in [0.3, 0.4) is 0 Å². The van der Waals surface area contributed by atoms with Gasteiger partial charge >= 0.3 is 0 Å². The summed E-state index contributed by atoms with van der Waals surface area (Å²) in [5.74, 6) is 0.657. The van der Waals surface area contributed by atoms with E-state index in [0.717, 1.165) is 30.9 Å². The standard InChI is InChI=1S/C17H25FN2/c1-2-13-5-4-10-20(12-13)17-14(6-3-7-16(17)18)11-19-15-8-9-15/h3,6-7,13,15,19H,2,4-5,8-12H2,1H3. The monoisotopic (exact) mass is 276 g/mol. The molecule has 1 aliphatic heterocycles. The lowest BCUT2D eigenvalue weighted by molar-refractivity contribution is 0.401. The van der Waals surface area contributed by atoms with Gasteiger partial charge in [0.15, 0.2) is 0 Å². The van der Waals surface area contributed by atoms with Crippen molar-refractivity contribution in [3.8, 4) is 0 Å². The van der Waals surface area contributed by atoms with E-state index < -0.39 is 0 Å². The summed E-state index contributed by atoms with van der Waals surface area (Å²) in [6.45, 7) is 5.04. The van der Waals surface area contributed by atoms with Crippen LogP contribution < -0.4 is 10.2 Å². The summed E-state index contributed by atoms with van der Waals surface area (Å²) in [4.78, 5) is 2.27. The van der Waals surface area contributed by atoms with Crippen LogP contribution in [0.1, 0.15) is 44.6 Å². The van der Waals surface area contributed by atoms with Crippen LogP contribution in [0.5, 0.6) is 0 Å². The molecular weight excluding hydrogens is 251 g/mol. The summed E-state index contributed by atoms with van der Waals surface area (Å²) < 4.78 is 14.3. The summed E-state index contributed by atoms with van der Waals surface area (Å²) in [7, 11) is 0. The molecule has 110 valence electrons. The third kappa shape index (κ3) is 3.14. The van der Waals surface area contributed by atoms with E-state index in [1.54, 1.807) is 6.07 Å². The molecule has 0 aromatic heterocycles. The van der Waals surface area contributed by atoms with E-state index in [1.165, 1.54) is 32.1 Å². The lowest BCUT2D eigenvalue weighted by Gasteiger charge is -2.35. The number of piperidine rings is 1. The quantitative estimate of drug-likeness (QED) is 0.882. The van der Waals surface area contributed by atoms with Crippen molar-refractivity contribution in [1.82, 2.24) is 5.32 Å². The second kappa shape index (κ2) is 6.13. The van der Waals surface area contributed by atoms with Crippen molar-refractivity contribution in [2.24, 2.45) is 5.92 Å².